The normalized spacial score (nSPS) is 21.6. The number of hydrogen-bond donors (Lipinski definition) is 5. The number of pyridine rings is 8. The quantitative estimate of drug-likeness (QED) is 0.0482. The predicted molar refractivity (Wildman–Crippen MR) is 556 cm³/mol. The number of ketones is 1. The van der Waals surface area contributed by atoms with E-state index in [9.17, 15) is 58.6 Å². The van der Waals surface area contributed by atoms with E-state index >= 15 is 0 Å². The molecule has 0 spiro atoms. The third kappa shape index (κ3) is 30.8. The summed E-state index contributed by atoms with van der Waals surface area (Å²) in [5.41, 5.74) is 8.73. The summed E-state index contributed by atoms with van der Waals surface area (Å²) in [4.78, 5) is 151. The molecule has 10 unspecified atom stereocenters. The third-order valence-electron chi connectivity index (χ3n) is 24.4. The number of amides is 4. The number of carbonyl (C=O) groups excluding carboxylic acids is 5. The number of nitro groups is 2. The van der Waals surface area contributed by atoms with E-state index in [-0.39, 0.29) is 88.2 Å². The number of likely N-dealkylation sites (tertiary alicyclic amines) is 4. The zero-order valence-corrected chi connectivity index (χ0v) is 89.8. The van der Waals surface area contributed by atoms with Crippen LogP contribution in [0.4, 0.5) is 82.4 Å². The minimum atomic E-state index is -0.535. The van der Waals surface area contributed by atoms with Gasteiger partial charge in [0.25, 0.3) is 16.7 Å². The Balaban J connectivity index is 0.000000150. The Labute approximate surface area is 861 Å². The van der Waals surface area contributed by atoms with Gasteiger partial charge in [-0.15, -0.1) is 0 Å². The van der Waals surface area contributed by atoms with Crippen LogP contribution in [-0.4, -0.2) is 260 Å². The number of nitrogens with zero attached hydrogens (tertiary/aromatic N) is 18. The molecule has 19 rings (SSSR count). The number of nitrogens with two attached hydrogens (primary N) is 1. The van der Waals surface area contributed by atoms with E-state index in [4.69, 9.17) is 24.7 Å². The van der Waals surface area contributed by atoms with E-state index < -0.39 is 26.6 Å². The smallest absolute Gasteiger partial charge is 0.410 e. The topological polar surface area (TPSA) is 448 Å². The number of aromatic nitrogens is 8. The second-order valence-electron chi connectivity index (χ2n) is 40.2. The van der Waals surface area contributed by atoms with E-state index in [1.54, 1.807) is 85.7 Å². The first-order valence-corrected chi connectivity index (χ1v) is 50.8. The highest BCUT2D eigenvalue weighted by Crippen LogP contribution is 2.41. The van der Waals surface area contributed by atoms with Crippen molar-refractivity contribution in [2.45, 2.75) is 230 Å². The van der Waals surface area contributed by atoms with Gasteiger partial charge in [-0.25, -0.2) is 34.1 Å². The maximum absolute atomic E-state index is 12.5. The van der Waals surface area contributed by atoms with Crippen LogP contribution in [0.15, 0.2) is 165 Å². The molecule has 141 heavy (non-hydrogen) atoms. The van der Waals surface area contributed by atoms with E-state index in [1.807, 2.05) is 147 Å². The van der Waals surface area contributed by atoms with Crippen LogP contribution in [0.3, 0.4) is 0 Å². The number of hydrogen-bond acceptors (Lipinski definition) is 31. The van der Waals surface area contributed by atoms with E-state index in [0.29, 0.717) is 122 Å². The van der Waals surface area contributed by atoms with Crippen LogP contribution < -0.4 is 63.3 Å². The first-order chi connectivity index (χ1) is 66.4. The van der Waals surface area contributed by atoms with Gasteiger partial charge < -0.3 is 124 Å². The van der Waals surface area contributed by atoms with Crippen molar-refractivity contribution >= 4 is 173 Å². The largest absolute Gasteiger partial charge is 0.444 e. The number of rotatable bonds is 10. The van der Waals surface area contributed by atoms with Gasteiger partial charge in [0.15, 0.2) is 18.2 Å². The van der Waals surface area contributed by atoms with Crippen LogP contribution >= 0.6 is 79.6 Å². The highest BCUT2D eigenvalue weighted by atomic mass is 79.9. The molecule has 11 aliphatic rings. The number of Topliss-reactive ketones (excluding diaryl/α,β-unsaturated/α-hetero) is 1. The summed E-state index contributed by atoms with van der Waals surface area (Å²) in [6, 6.07) is 26.8. The number of halogens is 5. The molecule has 11 saturated heterocycles. The molecule has 11 aliphatic heterocycles. The molecule has 10 atom stereocenters. The minimum absolute atomic E-state index is 0.0248. The van der Waals surface area contributed by atoms with Gasteiger partial charge in [-0.1, -0.05) is 0 Å². The lowest BCUT2D eigenvalue weighted by Crippen LogP contribution is -2.56. The van der Waals surface area contributed by atoms with Crippen molar-refractivity contribution < 1.29 is 57.5 Å². The van der Waals surface area contributed by atoms with Gasteiger partial charge in [-0.3, -0.25) is 19.2 Å². The standard InChI is InChI=1S/C22H28BrN5O3.C17H20BrN5O.C16H22N4O4.C16H24N4O2.C11H20N2O2.C6H5Br2NO.C5H3BrN2O2.C3H4O2/c1-22(2,3)31-21(30)27-12-16-5-6-17(13-27)28(16)15-7-8-19(24-10-15)25-18-9-14(23)11-26(4)20(18)29;1-22-10-11(18)6-15(17(22)24)21-16-5-4-14(9-20-16)23-12-2-3-13(23)8-19-7-12;1-16(2,3)24-15(21)18-9-12-4-5-13(10-18)19(12)11-6-7-14(17-8-11)20(22)23;1-16(2,3)22-15(21)19-9-12-4-5-13(10-19)20(12)11-6-7-14(17)18-8-11;1-11(2,3)15-10(14)13-6-8-4-5-9(7-13)12-8;1-9-3-4(7)2-5(8)6(9)10;6-4-1-2-5(7-3-4)8(9)10;4-3-1-5-2-3/h7-11,16-17H,5-6,12-13H2,1-4H3,(H,24,25);4-6,9-10,12-13,19H,2-3,7-8H2,1H3,(H,20,21);6-8,12-13H,4-5,9-10H2,1-3H3;6-8,12-13H,4-5,9-10H2,1-3H3,(H2,17,18);8-9,12H,4-7H2,1-3H3;2-3H,1H3;1-3H;1-2H2. The molecule has 8 aromatic heterocycles. The summed E-state index contributed by atoms with van der Waals surface area (Å²) in [5, 5.41) is 34.0. The molecule has 45 heteroatoms. The van der Waals surface area contributed by atoms with Crippen molar-refractivity contribution in [1.29, 1.82) is 0 Å². The molecule has 4 amide bonds. The highest BCUT2D eigenvalue weighted by molar-refractivity contribution is 9.11. The molecule has 11 fully saturated rings. The molecule has 0 saturated carbocycles. The number of nitrogens with one attached hydrogen (secondary N) is 4. The highest BCUT2D eigenvalue weighted by Gasteiger charge is 2.47. The zero-order valence-electron chi connectivity index (χ0n) is 81.9. The summed E-state index contributed by atoms with van der Waals surface area (Å²) in [5.74, 6) is 1.74. The lowest BCUT2D eigenvalue weighted by atomic mass is 10.1. The van der Waals surface area contributed by atoms with Crippen LogP contribution in [0.5, 0.6) is 0 Å². The van der Waals surface area contributed by atoms with Gasteiger partial charge in [0.2, 0.25) is 0 Å². The Morgan fingerprint density at radius 1 is 0.404 bits per heavy atom. The molecule has 40 nitrogen and oxygen atoms in total. The summed E-state index contributed by atoms with van der Waals surface area (Å²) in [6.45, 7) is 31.0. The number of ether oxygens (including phenoxy) is 5. The average molecular weight is 2270 g/mol. The Hall–Kier alpha value is -11.0. The van der Waals surface area contributed by atoms with Crippen molar-refractivity contribution in [2.24, 2.45) is 21.1 Å². The first kappa shape index (κ1) is 109. The van der Waals surface area contributed by atoms with Gasteiger partial charge in [0, 0.05) is 191 Å². The molecule has 19 heterocycles. The molecule has 762 valence electrons. The monoisotopic (exact) mass is 2270 g/mol. The van der Waals surface area contributed by atoms with Crippen LogP contribution in [0.2, 0.25) is 0 Å². The van der Waals surface area contributed by atoms with E-state index in [2.05, 4.69) is 156 Å². The van der Waals surface area contributed by atoms with Gasteiger partial charge >= 0.3 is 36.0 Å². The Morgan fingerprint density at radius 2 is 0.709 bits per heavy atom. The molecular weight excluding hydrogens is 2150 g/mol. The van der Waals surface area contributed by atoms with Crippen LogP contribution in [0, 0.1) is 20.2 Å². The summed E-state index contributed by atoms with van der Waals surface area (Å²) in [6.07, 6.45) is 23.9. The first-order valence-electron chi connectivity index (χ1n) is 46.8. The molecule has 6 N–H and O–H groups in total. The van der Waals surface area contributed by atoms with Crippen molar-refractivity contribution in [3.63, 3.8) is 0 Å². The fourth-order valence-corrected chi connectivity index (χ4v) is 21.1. The third-order valence-corrected chi connectivity index (χ3v) is 26.7. The maximum Gasteiger partial charge on any atom is 0.410 e. The van der Waals surface area contributed by atoms with Crippen molar-refractivity contribution in [2.75, 3.05) is 115 Å². The minimum Gasteiger partial charge on any atom is -0.444 e. The number of anilines is 9. The number of aryl methyl sites for hydroxylation is 3. The number of fused-ring (bicyclic) bond motifs is 10. The average Bonchev–Trinajstić information content (AvgIpc) is 1.58. The van der Waals surface area contributed by atoms with E-state index in [0.717, 1.165) is 105 Å². The van der Waals surface area contributed by atoms with Crippen LogP contribution in [0.25, 0.3) is 0 Å². The Morgan fingerprint density at radius 3 is 1.00 bits per heavy atom. The molecule has 0 aliphatic carbocycles. The molecule has 10 bridgehead atoms. The number of piperazine rings is 5. The fourth-order valence-electron chi connectivity index (χ4n) is 18.4. The van der Waals surface area contributed by atoms with Crippen molar-refractivity contribution in [1.82, 2.24) is 68.9 Å². The summed E-state index contributed by atoms with van der Waals surface area (Å²) in [7, 11) is 5.15. The second-order valence-corrected chi connectivity index (χ2v) is 44.7. The van der Waals surface area contributed by atoms with Crippen LogP contribution in [-0.2, 0) is 49.6 Å². The van der Waals surface area contributed by atoms with Gasteiger partial charge in [-0.05, 0) is 313 Å². The van der Waals surface area contributed by atoms with Gasteiger partial charge in [-0.2, -0.15) is 0 Å². The lowest BCUT2D eigenvalue weighted by molar-refractivity contribution is -0.389. The lowest BCUT2D eigenvalue weighted by Gasteiger charge is -2.42. The Kier molecular flexibility index (Phi) is 36.7. The molecular formula is C96H126Br5N23O17. The molecule has 0 aromatic carbocycles. The van der Waals surface area contributed by atoms with E-state index in [1.165, 1.54) is 53.1 Å². The van der Waals surface area contributed by atoms with Gasteiger partial charge in [0.1, 0.15) is 64.4 Å². The van der Waals surface area contributed by atoms with Gasteiger partial charge in [0.05, 0.1) is 50.3 Å². The van der Waals surface area contributed by atoms with Crippen molar-refractivity contribution in [3.8, 4) is 0 Å². The summed E-state index contributed by atoms with van der Waals surface area (Å²) >= 11 is 16.3. The maximum atomic E-state index is 12.5. The SMILES string of the molecule is CC(C)(C)OC(=O)N1CC2CCC(C1)N2.CC(C)(C)OC(=O)N1CC2CCC(C1)N2c1ccc(N)nc1.CC(C)(C)OC(=O)N1CC2CCC(C1)N2c1ccc([N+](=O)[O-])nc1.Cn1cc(Br)cc(Br)c1=O.Cn1cc(Br)cc(Nc2ccc(N3C4CCC3CN(C(=O)OC(C)(C)C)C4)cn2)c1=O.Cn1cc(Br)cc(Nc2ccc(N3C4CCC3CNC4)cn2)c1=O.O=C1COC1.O=[N+]([O-])c1ccc(Br)cn1. The van der Waals surface area contributed by atoms with Crippen LogP contribution in [0.1, 0.15) is 147 Å². The molecule has 0 radical (unpaired) electrons. The number of carbonyl (C=O) groups is 5. The Bertz CT molecular complexity index is 5790. The fraction of sp³-hybridized carbons (Fsp3) is 0.531. The zero-order chi connectivity index (χ0) is 102. The number of nitrogen functional groups attached to an aromatic ring is 1. The second kappa shape index (κ2) is 47.5. The molecule has 8 aromatic rings. The summed E-state index contributed by atoms with van der Waals surface area (Å²) < 4.78 is 34.8. The van der Waals surface area contributed by atoms with Crippen molar-refractivity contribution in [3.05, 3.63) is 202 Å². The predicted octanol–water partition coefficient (Wildman–Crippen LogP) is 15.5.